The summed E-state index contributed by atoms with van der Waals surface area (Å²) in [5.74, 6) is -0.672. The molecule has 0 bridgehead atoms. The van der Waals surface area contributed by atoms with E-state index >= 15 is 0 Å². The summed E-state index contributed by atoms with van der Waals surface area (Å²) in [6.45, 7) is 0.434. The first-order valence-electron chi connectivity index (χ1n) is 3.95. The van der Waals surface area contributed by atoms with Crippen molar-refractivity contribution >= 4 is 5.69 Å². The molecule has 0 radical (unpaired) electrons. The molecule has 0 aliphatic carbocycles. The summed E-state index contributed by atoms with van der Waals surface area (Å²) >= 11 is 0. The van der Waals surface area contributed by atoms with E-state index in [4.69, 9.17) is 0 Å². The lowest BCUT2D eigenvalue weighted by molar-refractivity contribution is -0.115. The summed E-state index contributed by atoms with van der Waals surface area (Å²) in [5, 5.41) is 1.98. The number of rotatable bonds is 2. The van der Waals surface area contributed by atoms with Crippen molar-refractivity contribution in [2.45, 2.75) is 13.1 Å². The Bertz CT molecular complexity index is 319. The van der Waals surface area contributed by atoms with Gasteiger partial charge in [-0.05, 0) is 24.6 Å². The molecule has 1 aromatic rings. The van der Waals surface area contributed by atoms with Crippen LogP contribution in [0.1, 0.15) is 5.56 Å². The first kappa shape index (κ1) is 10.8. The Morgan fingerprint density at radius 3 is 2.43 bits per heavy atom. The van der Waals surface area contributed by atoms with Gasteiger partial charge in [0.2, 0.25) is 0 Å². The minimum Gasteiger partial charge on any atom is -0.374 e. The quantitative estimate of drug-likeness (QED) is 0.734. The Balaban J connectivity index is 2.68. The van der Waals surface area contributed by atoms with E-state index in [2.05, 4.69) is 0 Å². The topological polar surface area (TPSA) is 12.0 Å². The summed E-state index contributed by atoms with van der Waals surface area (Å²) < 4.78 is 48.3. The Hall–Kier alpha value is -1.26. The molecule has 14 heavy (non-hydrogen) atoms. The molecule has 0 spiro atoms. The first-order chi connectivity index (χ1) is 6.38. The van der Waals surface area contributed by atoms with Crippen LogP contribution in [-0.2, 0) is 0 Å². The lowest BCUT2D eigenvalue weighted by Crippen LogP contribution is -2.21. The fraction of sp³-hybridized carbons (Fsp3) is 0.333. The molecule has 0 aliphatic rings. The van der Waals surface area contributed by atoms with E-state index in [0.29, 0.717) is 5.56 Å². The normalized spacial score (nSPS) is 11.5. The first-order valence-corrected chi connectivity index (χ1v) is 3.95. The van der Waals surface area contributed by atoms with Crippen LogP contribution in [-0.4, -0.2) is 12.7 Å². The van der Waals surface area contributed by atoms with Gasteiger partial charge in [-0.25, -0.2) is 4.39 Å². The molecule has 0 aromatic heterocycles. The molecule has 1 rings (SSSR count). The van der Waals surface area contributed by atoms with Crippen LogP contribution in [0, 0.1) is 12.7 Å². The van der Waals surface area contributed by atoms with Crippen LogP contribution in [0.4, 0.5) is 23.2 Å². The number of hydrogen-bond donors (Lipinski definition) is 1. The third kappa shape index (κ3) is 3.24. The van der Waals surface area contributed by atoms with Gasteiger partial charge >= 0.3 is 6.18 Å². The second-order valence-corrected chi connectivity index (χ2v) is 2.95. The summed E-state index contributed by atoms with van der Waals surface area (Å²) in [7, 11) is 0. The molecule has 0 fully saturated rings. The maximum atomic E-state index is 13.0. The van der Waals surface area contributed by atoms with Crippen LogP contribution in [0.15, 0.2) is 18.2 Å². The zero-order chi connectivity index (χ0) is 10.8. The van der Waals surface area contributed by atoms with Gasteiger partial charge in [0.25, 0.3) is 0 Å². The molecule has 1 aromatic carbocycles. The second-order valence-electron chi connectivity index (χ2n) is 2.95. The molecular formula is C9H9F4N. The minimum atomic E-state index is -4.34. The molecule has 0 heterocycles. The van der Waals surface area contributed by atoms with Crippen LogP contribution in [0.2, 0.25) is 0 Å². The van der Waals surface area contributed by atoms with Gasteiger partial charge in [-0.2, -0.15) is 13.2 Å². The van der Waals surface area contributed by atoms with E-state index in [1.807, 2.05) is 5.32 Å². The Morgan fingerprint density at radius 1 is 1.29 bits per heavy atom. The largest absolute Gasteiger partial charge is 0.405 e. The summed E-state index contributed by atoms with van der Waals surface area (Å²) in [4.78, 5) is 0. The molecule has 0 saturated carbocycles. The molecule has 0 amide bonds. The average Bonchev–Trinajstić information content (AvgIpc) is 2.00. The minimum absolute atomic E-state index is 0.132. The number of alkyl halides is 3. The van der Waals surface area contributed by atoms with Crippen molar-refractivity contribution in [3.05, 3.63) is 29.6 Å². The van der Waals surface area contributed by atoms with Gasteiger partial charge < -0.3 is 5.32 Å². The highest BCUT2D eigenvalue weighted by molar-refractivity contribution is 5.46. The number of nitrogens with one attached hydrogen (secondary N) is 1. The van der Waals surface area contributed by atoms with E-state index < -0.39 is 18.5 Å². The predicted octanol–water partition coefficient (Wildman–Crippen LogP) is 3.11. The zero-order valence-corrected chi connectivity index (χ0v) is 7.45. The third-order valence-corrected chi connectivity index (χ3v) is 1.60. The average molecular weight is 207 g/mol. The monoisotopic (exact) mass is 207 g/mol. The van der Waals surface area contributed by atoms with E-state index in [9.17, 15) is 17.6 Å². The molecule has 1 nitrogen and oxygen atoms in total. The summed E-state index contributed by atoms with van der Waals surface area (Å²) in [6, 6.07) is 4.01. The van der Waals surface area contributed by atoms with E-state index in [1.165, 1.54) is 12.1 Å². The highest BCUT2D eigenvalue weighted by Gasteiger charge is 2.26. The van der Waals surface area contributed by atoms with Crippen LogP contribution in [0.3, 0.4) is 0 Å². The van der Waals surface area contributed by atoms with Crippen LogP contribution in [0.25, 0.3) is 0 Å². The van der Waals surface area contributed by atoms with E-state index in [-0.39, 0.29) is 5.69 Å². The highest BCUT2D eigenvalue weighted by Crippen LogP contribution is 2.19. The maximum absolute atomic E-state index is 13.0. The van der Waals surface area contributed by atoms with Crippen molar-refractivity contribution in [2.75, 3.05) is 11.9 Å². The molecule has 5 heteroatoms. The van der Waals surface area contributed by atoms with Gasteiger partial charge in [0.1, 0.15) is 12.4 Å². The second kappa shape index (κ2) is 3.86. The lowest BCUT2D eigenvalue weighted by atomic mass is 10.2. The van der Waals surface area contributed by atoms with Crippen molar-refractivity contribution in [3.8, 4) is 0 Å². The standard InChI is InChI=1S/C9H9F4N/c1-6-2-3-8(7(10)4-6)14-5-9(11,12)13/h2-4,14H,5H2,1H3. The van der Waals surface area contributed by atoms with Crippen molar-refractivity contribution in [1.29, 1.82) is 0 Å². The lowest BCUT2D eigenvalue weighted by Gasteiger charge is -2.10. The zero-order valence-electron chi connectivity index (χ0n) is 7.45. The van der Waals surface area contributed by atoms with Gasteiger partial charge in [-0.15, -0.1) is 0 Å². The smallest absolute Gasteiger partial charge is 0.374 e. The SMILES string of the molecule is Cc1ccc(NCC(F)(F)F)c(F)c1. The van der Waals surface area contributed by atoms with Crippen molar-refractivity contribution in [3.63, 3.8) is 0 Å². The summed E-state index contributed by atoms with van der Waals surface area (Å²) in [6.07, 6.45) is -4.34. The number of benzene rings is 1. The molecular weight excluding hydrogens is 198 g/mol. The molecule has 1 N–H and O–H groups in total. The Labute approximate surface area is 78.7 Å². The fourth-order valence-corrected chi connectivity index (χ4v) is 0.959. The van der Waals surface area contributed by atoms with Gasteiger partial charge in [0, 0.05) is 0 Å². The molecule has 0 atom stereocenters. The van der Waals surface area contributed by atoms with Crippen LogP contribution in [0.5, 0.6) is 0 Å². The van der Waals surface area contributed by atoms with Gasteiger partial charge in [-0.1, -0.05) is 6.07 Å². The Kier molecular flexibility index (Phi) is 2.98. The number of hydrogen-bond acceptors (Lipinski definition) is 1. The maximum Gasteiger partial charge on any atom is 0.405 e. The van der Waals surface area contributed by atoms with Crippen molar-refractivity contribution in [1.82, 2.24) is 0 Å². The third-order valence-electron chi connectivity index (χ3n) is 1.60. The fourth-order valence-electron chi connectivity index (χ4n) is 0.959. The number of anilines is 1. The highest BCUT2D eigenvalue weighted by atomic mass is 19.4. The molecule has 0 unspecified atom stereocenters. The van der Waals surface area contributed by atoms with Crippen LogP contribution < -0.4 is 5.32 Å². The molecule has 0 aliphatic heterocycles. The number of halogens is 4. The van der Waals surface area contributed by atoms with Crippen molar-refractivity contribution < 1.29 is 17.6 Å². The van der Waals surface area contributed by atoms with E-state index in [0.717, 1.165) is 0 Å². The number of aryl methyl sites for hydroxylation is 1. The summed E-state index contributed by atoms with van der Waals surface area (Å²) in [5.41, 5.74) is 0.535. The molecule has 0 saturated heterocycles. The predicted molar refractivity (Wildman–Crippen MR) is 45.7 cm³/mol. The molecule has 78 valence electrons. The van der Waals surface area contributed by atoms with E-state index in [1.54, 1.807) is 13.0 Å². The Morgan fingerprint density at radius 2 is 1.93 bits per heavy atom. The van der Waals surface area contributed by atoms with Crippen LogP contribution >= 0.6 is 0 Å². The van der Waals surface area contributed by atoms with Gasteiger partial charge in [0.15, 0.2) is 0 Å². The van der Waals surface area contributed by atoms with Crippen molar-refractivity contribution in [2.24, 2.45) is 0 Å². The van der Waals surface area contributed by atoms with Gasteiger partial charge in [0.05, 0.1) is 5.69 Å². The van der Waals surface area contributed by atoms with Gasteiger partial charge in [-0.3, -0.25) is 0 Å².